The molecule has 2 aromatic heterocycles. The van der Waals surface area contributed by atoms with E-state index < -0.39 is 11.6 Å². The SMILES string of the molecule is Cn1nc2nc(NCCN3CCCCC3)nc(-c3ccc(F)cc3F)c2c1N. The molecule has 1 aliphatic rings. The average Bonchev–Trinajstić information content (AvgIpc) is 2.96. The topological polar surface area (TPSA) is 84.9 Å². The number of fused-ring (bicyclic) bond motifs is 1. The zero-order chi connectivity index (χ0) is 19.7. The molecule has 0 radical (unpaired) electrons. The fraction of sp³-hybridized carbons (Fsp3) is 0.421. The van der Waals surface area contributed by atoms with Crippen molar-refractivity contribution in [2.45, 2.75) is 19.3 Å². The van der Waals surface area contributed by atoms with Crippen molar-refractivity contribution in [3.8, 4) is 11.3 Å². The van der Waals surface area contributed by atoms with Crippen LogP contribution in [0.25, 0.3) is 22.3 Å². The molecule has 0 saturated carbocycles. The molecule has 3 aromatic rings. The van der Waals surface area contributed by atoms with E-state index in [2.05, 4.69) is 25.3 Å². The number of aryl methyl sites for hydroxylation is 1. The lowest BCUT2D eigenvalue weighted by Crippen LogP contribution is -2.33. The van der Waals surface area contributed by atoms with Crippen LogP contribution in [0.4, 0.5) is 20.5 Å². The van der Waals surface area contributed by atoms with Crippen molar-refractivity contribution in [2.75, 3.05) is 37.2 Å². The summed E-state index contributed by atoms with van der Waals surface area (Å²) in [6.07, 6.45) is 3.74. The van der Waals surface area contributed by atoms with Gasteiger partial charge in [-0.05, 0) is 38.1 Å². The van der Waals surface area contributed by atoms with Gasteiger partial charge in [-0.15, -0.1) is 0 Å². The summed E-state index contributed by atoms with van der Waals surface area (Å²) in [4.78, 5) is 11.3. The van der Waals surface area contributed by atoms with Gasteiger partial charge in [0.05, 0.1) is 11.1 Å². The van der Waals surface area contributed by atoms with Gasteiger partial charge in [0.15, 0.2) is 5.65 Å². The number of rotatable bonds is 5. The van der Waals surface area contributed by atoms with E-state index in [4.69, 9.17) is 5.73 Å². The molecule has 3 N–H and O–H groups in total. The van der Waals surface area contributed by atoms with Crippen LogP contribution in [0, 0.1) is 11.6 Å². The molecular formula is C19H23F2N7. The van der Waals surface area contributed by atoms with Gasteiger partial charge >= 0.3 is 0 Å². The van der Waals surface area contributed by atoms with Gasteiger partial charge in [0, 0.05) is 31.8 Å². The molecule has 28 heavy (non-hydrogen) atoms. The number of nitrogen functional groups attached to an aromatic ring is 1. The van der Waals surface area contributed by atoms with Gasteiger partial charge in [-0.25, -0.2) is 13.8 Å². The minimum atomic E-state index is -0.706. The number of nitrogens with two attached hydrogens (primary N) is 1. The molecule has 0 unspecified atom stereocenters. The van der Waals surface area contributed by atoms with Crippen LogP contribution in [0.5, 0.6) is 0 Å². The monoisotopic (exact) mass is 387 g/mol. The van der Waals surface area contributed by atoms with E-state index >= 15 is 0 Å². The second-order valence-corrected chi connectivity index (χ2v) is 7.06. The number of nitrogens with zero attached hydrogens (tertiary/aromatic N) is 5. The molecule has 0 spiro atoms. The Morgan fingerprint density at radius 3 is 2.68 bits per heavy atom. The van der Waals surface area contributed by atoms with Crippen molar-refractivity contribution in [1.29, 1.82) is 0 Å². The highest BCUT2D eigenvalue weighted by Gasteiger charge is 2.20. The van der Waals surface area contributed by atoms with E-state index in [1.807, 2.05) is 0 Å². The number of aromatic nitrogens is 4. The quantitative estimate of drug-likeness (QED) is 0.700. The second kappa shape index (κ2) is 7.67. The van der Waals surface area contributed by atoms with Gasteiger partial charge in [0.1, 0.15) is 17.5 Å². The minimum absolute atomic E-state index is 0.160. The number of benzene rings is 1. The predicted molar refractivity (Wildman–Crippen MR) is 105 cm³/mol. The molecule has 1 aromatic carbocycles. The van der Waals surface area contributed by atoms with Crippen LogP contribution in [0.2, 0.25) is 0 Å². The van der Waals surface area contributed by atoms with E-state index in [0.717, 1.165) is 25.7 Å². The Morgan fingerprint density at radius 1 is 1.14 bits per heavy atom. The fourth-order valence-corrected chi connectivity index (χ4v) is 3.58. The summed E-state index contributed by atoms with van der Waals surface area (Å²) in [6.45, 7) is 3.75. The summed E-state index contributed by atoms with van der Waals surface area (Å²) < 4.78 is 29.3. The molecule has 1 saturated heterocycles. The molecule has 9 heteroatoms. The first-order valence-corrected chi connectivity index (χ1v) is 9.45. The van der Waals surface area contributed by atoms with Crippen molar-refractivity contribution >= 4 is 22.8 Å². The lowest BCUT2D eigenvalue weighted by molar-refractivity contribution is 0.237. The van der Waals surface area contributed by atoms with Crippen molar-refractivity contribution in [3.05, 3.63) is 29.8 Å². The van der Waals surface area contributed by atoms with E-state index in [1.165, 1.54) is 36.1 Å². The van der Waals surface area contributed by atoms with Crippen LogP contribution in [0.3, 0.4) is 0 Å². The Bertz CT molecular complexity index is 996. The Balaban J connectivity index is 1.66. The van der Waals surface area contributed by atoms with Crippen molar-refractivity contribution in [3.63, 3.8) is 0 Å². The van der Waals surface area contributed by atoms with Gasteiger partial charge in [0.25, 0.3) is 0 Å². The maximum Gasteiger partial charge on any atom is 0.225 e. The third kappa shape index (κ3) is 3.62. The number of likely N-dealkylation sites (tertiary alicyclic amines) is 1. The number of halogens is 2. The fourth-order valence-electron chi connectivity index (χ4n) is 3.58. The molecule has 0 bridgehead atoms. The molecule has 1 aliphatic heterocycles. The van der Waals surface area contributed by atoms with Gasteiger partial charge in [-0.3, -0.25) is 4.68 Å². The maximum atomic E-state index is 14.4. The highest BCUT2D eigenvalue weighted by Crippen LogP contribution is 2.32. The zero-order valence-electron chi connectivity index (χ0n) is 15.8. The van der Waals surface area contributed by atoms with Crippen LogP contribution < -0.4 is 11.1 Å². The highest BCUT2D eigenvalue weighted by atomic mass is 19.1. The average molecular weight is 387 g/mol. The Morgan fingerprint density at radius 2 is 1.93 bits per heavy atom. The molecule has 1 fully saturated rings. The van der Waals surface area contributed by atoms with Gasteiger partial charge < -0.3 is 16.0 Å². The lowest BCUT2D eigenvalue weighted by Gasteiger charge is -2.26. The highest BCUT2D eigenvalue weighted by molar-refractivity contribution is 5.98. The summed E-state index contributed by atoms with van der Waals surface area (Å²) >= 11 is 0. The molecular weight excluding hydrogens is 364 g/mol. The minimum Gasteiger partial charge on any atom is -0.383 e. The van der Waals surface area contributed by atoms with Crippen LogP contribution in [-0.4, -0.2) is 50.8 Å². The zero-order valence-corrected chi connectivity index (χ0v) is 15.8. The molecule has 3 heterocycles. The standard InChI is InChI=1S/C19H23F2N7/c1-27-17(22)15-16(13-6-5-12(20)11-14(13)21)24-19(25-18(15)26-27)23-7-10-28-8-3-2-4-9-28/h5-6,11H,2-4,7-10,22H2,1H3,(H,23,25,26). The van der Waals surface area contributed by atoms with E-state index in [0.29, 0.717) is 35.0 Å². The molecule has 4 rings (SSSR count). The first-order chi connectivity index (χ1) is 13.5. The third-order valence-electron chi connectivity index (χ3n) is 5.09. The van der Waals surface area contributed by atoms with Crippen LogP contribution in [0.1, 0.15) is 19.3 Å². The second-order valence-electron chi connectivity index (χ2n) is 7.06. The number of hydrogen-bond donors (Lipinski definition) is 2. The summed E-state index contributed by atoms with van der Waals surface area (Å²) in [7, 11) is 1.69. The third-order valence-corrected chi connectivity index (χ3v) is 5.09. The van der Waals surface area contributed by atoms with E-state index in [9.17, 15) is 8.78 Å². The van der Waals surface area contributed by atoms with Gasteiger partial charge in [-0.1, -0.05) is 6.42 Å². The molecule has 0 atom stereocenters. The smallest absolute Gasteiger partial charge is 0.225 e. The Hall–Kier alpha value is -2.81. The number of hydrogen-bond acceptors (Lipinski definition) is 6. The molecule has 0 aliphatic carbocycles. The summed E-state index contributed by atoms with van der Waals surface area (Å²) in [5, 5.41) is 7.95. The lowest BCUT2D eigenvalue weighted by atomic mass is 10.1. The number of anilines is 2. The van der Waals surface area contributed by atoms with E-state index in [1.54, 1.807) is 7.05 Å². The first kappa shape index (κ1) is 18.5. The van der Waals surface area contributed by atoms with Crippen molar-refractivity contribution < 1.29 is 8.78 Å². The number of nitrogens with one attached hydrogen (secondary N) is 1. The van der Waals surface area contributed by atoms with E-state index in [-0.39, 0.29) is 5.56 Å². The predicted octanol–water partition coefficient (Wildman–Crippen LogP) is 2.79. The normalized spacial score (nSPS) is 15.2. The summed E-state index contributed by atoms with van der Waals surface area (Å²) in [5.41, 5.74) is 6.93. The molecule has 148 valence electrons. The Labute approximate surface area is 161 Å². The summed E-state index contributed by atoms with van der Waals surface area (Å²) in [6, 6.07) is 3.39. The summed E-state index contributed by atoms with van der Waals surface area (Å²) in [5.74, 6) is -0.678. The van der Waals surface area contributed by atoms with Gasteiger partial charge in [0.2, 0.25) is 5.95 Å². The Kier molecular flexibility index (Phi) is 5.08. The van der Waals surface area contributed by atoms with Crippen LogP contribution in [0.15, 0.2) is 18.2 Å². The number of piperidine rings is 1. The van der Waals surface area contributed by atoms with Gasteiger partial charge in [-0.2, -0.15) is 10.1 Å². The van der Waals surface area contributed by atoms with Crippen LogP contribution >= 0.6 is 0 Å². The van der Waals surface area contributed by atoms with Crippen molar-refractivity contribution in [2.24, 2.45) is 7.05 Å². The van der Waals surface area contributed by atoms with Crippen LogP contribution in [-0.2, 0) is 7.05 Å². The largest absolute Gasteiger partial charge is 0.383 e. The maximum absolute atomic E-state index is 14.4. The molecule has 0 amide bonds. The first-order valence-electron chi connectivity index (χ1n) is 9.45. The molecule has 7 nitrogen and oxygen atoms in total. The van der Waals surface area contributed by atoms with Crippen molar-refractivity contribution in [1.82, 2.24) is 24.6 Å².